The average Bonchev–Trinajstić information content (AvgIpc) is 2.97. The summed E-state index contributed by atoms with van der Waals surface area (Å²) < 4.78 is 28.9. The molecule has 0 saturated carbocycles. The lowest BCUT2D eigenvalue weighted by Gasteiger charge is -2.09. The number of amides is 1. The predicted molar refractivity (Wildman–Crippen MR) is 102 cm³/mol. The fourth-order valence-electron chi connectivity index (χ4n) is 3.50. The third kappa shape index (κ3) is 2.85. The van der Waals surface area contributed by atoms with E-state index in [1.54, 1.807) is 18.2 Å². The van der Waals surface area contributed by atoms with Crippen molar-refractivity contribution in [1.29, 1.82) is 0 Å². The molecule has 1 heterocycles. The number of rotatable bonds is 4. The summed E-state index contributed by atoms with van der Waals surface area (Å²) in [5.74, 6) is -2.27. The summed E-state index contributed by atoms with van der Waals surface area (Å²) in [7, 11) is 0. The predicted octanol–water partition coefficient (Wildman–Crippen LogP) is 4.58. The molecular formula is C22H17F2N2O. The minimum atomic E-state index is -0.882. The second kappa shape index (κ2) is 6.50. The molecule has 0 saturated heterocycles. The fraction of sp³-hybridized carbons (Fsp3) is 0.136. The number of carbonyl (C=O) groups excluding carboxylic acids is 1. The van der Waals surface area contributed by atoms with E-state index < -0.39 is 17.5 Å². The number of nitrogens with zero attached hydrogens (tertiary/aromatic N) is 1. The van der Waals surface area contributed by atoms with E-state index in [0.29, 0.717) is 17.7 Å². The molecule has 0 atom stereocenters. The molecule has 4 aromatic rings. The summed E-state index contributed by atoms with van der Waals surface area (Å²) in [4.78, 5) is 11.9. The number of halogens is 2. The molecule has 5 heteroatoms. The second-order valence-electron chi connectivity index (χ2n) is 6.52. The number of nitrogens with two attached hydrogens (primary N) is 1. The maximum Gasteiger partial charge on any atom is 0.249 e. The van der Waals surface area contributed by atoms with Gasteiger partial charge in [0.25, 0.3) is 0 Å². The fourth-order valence-corrected chi connectivity index (χ4v) is 3.50. The van der Waals surface area contributed by atoms with Gasteiger partial charge < -0.3 is 10.3 Å². The van der Waals surface area contributed by atoms with Crippen LogP contribution >= 0.6 is 0 Å². The van der Waals surface area contributed by atoms with Gasteiger partial charge in [0.2, 0.25) is 5.91 Å². The second-order valence-corrected chi connectivity index (χ2v) is 6.52. The van der Waals surface area contributed by atoms with Crippen molar-refractivity contribution in [3.8, 4) is 0 Å². The zero-order valence-corrected chi connectivity index (χ0v) is 14.7. The number of fused-ring (bicyclic) bond motifs is 3. The van der Waals surface area contributed by atoms with Crippen molar-refractivity contribution in [2.45, 2.75) is 19.9 Å². The number of benzene rings is 3. The smallest absolute Gasteiger partial charge is 0.249 e. The zero-order chi connectivity index (χ0) is 19.1. The molecule has 0 unspecified atom stereocenters. The Labute approximate surface area is 155 Å². The van der Waals surface area contributed by atoms with Crippen molar-refractivity contribution in [2.75, 3.05) is 0 Å². The number of hydrogen-bond donors (Lipinski definition) is 1. The van der Waals surface area contributed by atoms with Crippen LogP contribution in [0.5, 0.6) is 0 Å². The molecule has 3 aromatic carbocycles. The van der Waals surface area contributed by atoms with Gasteiger partial charge in [-0.1, -0.05) is 25.1 Å². The first-order chi connectivity index (χ1) is 13.0. The Morgan fingerprint density at radius 2 is 1.89 bits per heavy atom. The molecule has 0 aliphatic heterocycles. The summed E-state index contributed by atoms with van der Waals surface area (Å²) in [6.45, 7) is 2.38. The molecule has 1 amide bonds. The SMILES string of the molecule is CCc1c[c]c2c3c(C(N)=O)cccc3n(Cc3ccc(F)c(F)c3)c2c1. The highest BCUT2D eigenvalue weighted by Gasteiger charge is 2.17. The molecular weight excluding hydrogens is 346 g/mol. The lowest BCUT2D eigenvalue weighted by atomic mass is 10.0. The van der Waals surface area contributed by atoms with E-state index in [0.717, 1.165) is 39.9 Å². The summed E-state index contributed by atoms with van der Waals surface area (Å²) in [6, 6.07) is 16.4. The van der Waals surface area contributed by atoms with Gasteiger partial charge in [0.05, 0.1) is 11.0 Å². The van der Waals surface area contributed by atoms with E-state index in [-0.39, 0.29) is 0 Å². The van der Waals surface area contributed by atoms with Crippen LogP contribution < -0.4 is 5.73 Å². The van der Waals surface area contributed by atoms with E-state index in [2.05, 4.69) is 6.07 Å². The number of carbonyl (C=O) groups is 1. The largest absolute Gasteiger partial charge is 0.366 e. The summed E-state index contributed by atoms with van der Waals surface area (Å²) in [5.41, 5.74) is 9.39. The van der Waals surface area contributed by atoms with Crippen LogP contribution in [0.2, 0.25) is 0 Å². The Bertz CT molecular complexity index is 1190. The topological polar surface area (TPSA) is 48.0 Å². The van der Waals surface area contributed by atoms with Crippen molar-refractivity contribution < 1.29 is 13.6 Å². The summed E-state index contributed by atoms with van der Waals surface area (Å²) in [5, 5.41) is 1.52. The van der Waals surface area contributed by atoms with E-state index in [1.165, 1.54) is 6.07 Å². The molecule has 2 N–H and O–H groups in total. The summed E-state index contributed by atoms with van der Waals surface area (Å²) >= 11 is 0. The first-order valence-electron chi connectivity index (χ1n) is 8.69. The first kappa shape index (κ1) is 17.2. The van der Waals surface area contributed by atoms with Gasteiger partial charge >= 0.3 is 0 Å². The number of aromatic nitrogens is 1. The molecule has 0 bridgehead atoms. The molecule has 1 radical (unpaired) electrons. The quantitative estimate of drug-likeness (QED) is 0.567. The molecule has 135 valence electrons. The molecule has 0 spiro atoms. The lowest BCUT2D eigenvalue weighted by molar-refractivity contribution is 0.100. The molecule has 0 fully saturated rings. The van der Waals surface area contributed by atoms with Crippen LogP contribution in [-0.4, -0.2) is 10.5 Å². The van der Waals surface area contributed by atoms with Gasteiger partial charge in [0.15, 0.2) is 11.6 Å². The average molecular weight is 363 g/mol. The third-order valence-electron chi connectivity index (χ3n) is 4.85. The standard InChI is InChI=1S/C22H17F2N2O/c1-2-13-6-8-15-20(11-13)26(12-14-7-9-17(23)18(24)10-14)19-5-3-4-16(21(15)19)22(25)27/h3-7,9-11H,2,12H2,1H3,(H2,25,27). The number of hydrogen-bond acceptors (Lipinski definition) is 1. The van der Waals surface area contributed by atoms with E-state index in [4.69, 9.17) is 5.73 Å². The molecule has 3 nitrogen and oxygen atoms in total. The van der Waals surface area contributed by atoms with Crippen LogP contribution in [-0.2, 0) is 13.0 Å². The van der Waals surface area contributed by atoms with Crippen molar-refractivity contribution in [1.82, 2.24) is 4.57 Å². The van der Waals surface area contributed by atoms with Gasteiger partial charge in [0, 0.05) is 22.9 Å². The van der Waals surface area contributed by atoms with Gasteiger partial charge in [-0.05, 0) is 53.9 Å². The molecule has 0 aliphatic rings. The molecule has 4 rings (SSSR count). The van der Waals surface area contributed by atoms with Gasteiger partial charge in [-0.3, -0.25) is 4.79 Å². The minimum absolute atomic E-state index is 0.334. The van der Waals surface area contributed by atoms with Crippen molar-refractivity contribution in [3.05, 3.63) is 82.9 Å². The van der Waals surface area contributed by atoms with Crippen LogP contribution in [0.3, 0.4) is 0 Å². The van der Waals surface area contributed by atoms with Crippen molar-refractivity contribution in [2.24, 2.45) is 5.73 Å². The Balaban J connectivity index is 2.02. The van der Waals surface area contributed by atoms with E-state index in [9.17, 15) is 13.6 Å². The highest BCUT2D eigenvalue weighted by atomic mass is 19.2. The van der Waals surface area contributed by atoms with Crippen molar-refractivity contribution in [3.63, 3.8) is 0 Å². The molecule has 1 aromatic heterocycles. The Kier molecular flexibility index (Phi) is 4.15. The zero-order valence-electron chi connectivity index (χ0n) is 14.7. The third-order valence-corrected chi connectivity index (χ3v) is 4.85. The van der Waals surface area contributed by atoms with Crippen LogP contribution in [0.15, 0.2) is 48.5 Å². The maximum atomic E-state index is 13.7. The van der Waals surface area contributed by atoms with Crippen LogP contribution in [0.4, 0.5) is 8.78 Å². The van der Waals surface area contributed by atoms with E-state index in [1.807, 2.05) is 29.7 Å². The monoisotopic (exact) mass is 363 g/mol. The number of primary amides is 1. The Morgan fingerprint density at radius 1 is 1.07 bits per heavy atom. The van der Waals surface area contributed by atoms with Crippen LogP contribution in [0.1, 0.15) is 28.4 Å². The number of aryl methyl sites for hydroxylation is 1. The van der Waals surface area contributed by atoms with Gasteiger partial charge in [-0.15, -0.1) is 0 Å². The van der Waals surface area contributed by atoms with Gasteiger partial charge in [-0.2, -0.15) is 0 Å². The van der Waals surface area contributed by atoms with Gasteiger partial charge in [0.1, 0.15) is 0 Å². The lowest BCUT2D eigenvalue weighted by Crippen LogP contribution is -2.11. The van der Waals surface area contributed by atoms with E-state index >= 15 is 0 Å². The minimum Gasteiger partial charge on any atom is -0.366 e. The Morgan fingerprint density at radius 3 is 2.59 bits per heavy atom. The Hall–Kier alpha value is -3.21. The highest BCUT2D eigenvalue weighted by Crippen LogP contribution is 2.33. The van der Waals surface area contributed by atoms with Crippen LogP contribution in [0, 0.1) is 17.7 Å². The summed E-state index contributed by atoms with van der Waals surface area (Å²) in [6.07, 6.45) is 0.835. The maximum absolute atomic E-state index is 13.7. The highest BCUT2D eigenvalue weighted by molar-refractivity contribution is 6.17. The van der Waals surface area contributed by atoms with Crippen molar-refractivity contribution >= 4 is 27.7 Å². The molecule has 27 heavy (non-hydrogen) atoms. The van der Waals surface area contributed by atoms with Crippen LogP contribution in [0.25, 0.3) is 21.8 Å². The molecule has 0 aliphatic carbocycles. The van der Waals surface area contributed by atoms with Gasteiger partial charge in [-0.25, -0.2) is 8.78 Å². The first-order valence-corrected chi connectivity index (χ1v) is 8.69. The normalized spacial score (nSPS) is 11.4.